The summed E-state index contributed by atoms with van der Waals surface area (Å²) in [6.45, 7) is 0. The van der Waals surface area contributed by atoms with Crippen LogP contribution < -0.4 is 7.22 Å². The molecule has 2 nitrogen and oxygen atoms in total. The molecule has 0 atom stereocenters. The van der Waals surface area contributed by atoms with Crippen LogP contribution in [0.4, 0.5) is 0 Å². The first kappa shape index (κ1) is 16.5. The predicted octanol–water partition coefficient (Wildman–Crippen LogP) is 3.80. The molecular weight excluding hydrogens is 447 g/mol. The van der Waals surface area contributed by atoms with Gasteiger partial charge in [0.05, 0.1) is 0 Å². The SMILES string of the molecule is Oc1ccc([Te](Cl)(Cl)c2ccc(O)cc2-c2ccccc2)cc1. The number of rotatable bonds is 3. The Hall–Kier alpha value is -1.37. The van der Waals surface area contributed by atoms with Gasteiger partial charge >= 0.3 is 147 Å². The van der Waals surface area contributed by atoms with Gasteiger partial charge in [-0.3, -0.25) is 0 Å². The molecule has 2 N–H and O–H groups in total. The van der Waals surface area contributed by atoms with Gasteiger partial charge in [0.2, 0.25) is 0 Å². The summed E-state index contributed by atoms with van der Waals surface area (Å²) in [4.78, 5) is 0. The Balaban J connectivity index is 2.17. The molecule has 0 aliphatic rings. The first-order valence-electron chi connectivity index (χ1n) is 6.88. The molecule has 0 radical (unpaired) electrons. The molecule has 0 aliphatic heterocycles. The van der Waals surface area contributed by atoms with Gasteiger partial charge in [0.1, 0.15) is 0 Å². The fraction of sp³-hybridized carbons (Fsp3) is 0. The summed E-state index contributed by atoms with van der Waals surface area (Å²) in [7, 11) is 13.7. The Morgan fingerprint density at radius 2 is 1.30 bits per heavy atom. The zero-order chi connectivity index (χ0) is 16.4. The van der Waals surface area contributed by atoms with Crippen molar-refractivity contribution in [3.63, 3.8) is 0 Å². The van der Waals surface area contributed by atoms with Gasteiger partial charge in [-0.25, -0.2) is 0 Å². The molecule has 0 fully saturated rings. The van der Waals surface area contributed by atoms with Gasteiger partial charge in [-0.05, 0) is 0 Å². The van der Waals surface area contributed by atoms with E-state index in [1.807, 2.05) is 30.3 Å². The summed E-state index contributed by atoms with van der Waals surface area (Å²) in [6.07, 6.45) is 0. The Kier molecular flexibility index (Phi) is 4.75. The second-order valence-electron chi connectivity index (χ2n) is 5.01. The van der Waals surface area contributed by atoms with Crippen molar-refractivity contribution < 1.29 is 10.2 Å². The number of halogens is 2. The monoisotopic (exact) mass is 462 g/mol. The molecule has 0 spiro atoms. The summed E-state index contributed by atoms with van der Waals surface area (Å²) >= 11 is -3.63. The normalized spacial score (nSPS) is 12.1. The summed E-state index contributed by atoms with van der Waals surface area (Å²) in [6, 6.07) is 21.5. The molecule has 3 aromatic rings. The summed E-state index contributed by atoms with van der Waals surface area (Å²) in [5, 5.41) is 19.3. The zero-order valence-corrected chi connectivity index (χ0v) is 15.8. The van der Waals surface area contributed by atoms with E-state index in [0.29, 0.717) is 0 Å². The van der Waals surface area contributed by atoms with Gasteiger partial charge in [-0.15, -0.1) is 0 Å². The first-order chi connectivity index (χ1) is 11.0. The van der Waals surface area contributed by atoms with E-state index in [4.69, 9.17) is 17.9 Å². The first-order valence-corrected chi connectivity index (χ1v) is 15.1. The Labute approximate surface area is 146 Å². The van der Waals surface area contributed by atoms with E-state index >= 15 is 0 Å². The number of phenolic OH excluding ortho intramolecular Hbond substituents is 2. The third-order valence-corrected chi connectivity index (χ3v) is 13.1. The molecular formula is C18H14Cl2O2Te. The maximum absolute atomic E-state index is 9.87. The van der Waals surface area contributed by atoms with Crippen molar-refractivity contribution in [2.75, 3.05) is 0 Å². The zero-order valence-electron chi connectivity index (χ0n) is 12.0. The van der Waals surface area contributed by atoms with Crippen LogP contribution in [0.25, 0.3) is 11.1 Å². The van der Waals surface area contributed by atoms with Gasteiger partial charge in [0.15, 0.2) is 0 Å². The second kappa shape index (κ2) is 6.63. The Morgan fingerprint density at radius 1 is 0.696 bits per heavy atom. The summed E-state index contributed by atoms with van der Waals surface area (Å²) in [5.41, 5.74) is 1.79. The maximum atomic E-state index is 9.87. The topological polar surface area (TPSA) is 40.5 Å². The molecule has 0 unspecified atom stereocenters. The fourth-order valence-electron chi connectivity index (χ4n) is 2.33. The summed E-state index contributed by atoms with van der Waals surface area (Å²) < 4.78 is 1.68. The van der Waals surface area contributed by atoms with Gasteiger partial charge < -0.3 is 0 Å². The van der Waals surface area contributed by atoms with Gasteiger partial charge in [-0.2, -0.15) is 0 Å². The van der Waals surface area contributed by atoms with Crippen molar-refractivity contribution in [1.29, 1.82) is 0 Å². The number of phenols is 2. The molecule has 3 rings (SSSR count). The van der Waals surface area contributed by atoms with Crippen molar-refractivity contribution in [2.45, 2.75) is 0 Å². The summed E-state index contributed by atoms with van der Waals surface area (Å²) in [5.74, 6) is 0.347. The third kappa shape index (κ3) is 3.44. The van der Waals surface area contributed by atoms with Crippen molar-refractivity contribution in [1.82, 2.24) is 0 Å². The van der Waals surface area contributed by atoms with Crippen LogP contribution in [-0.4, -0.2) is 26.2 Å². The molecule has 0 saturated carbocycles. The molecule has 118 valence electrons. The van der Waals surface area contributed by atoms with Gasteiger partial charge in [0.25, 0.3) is 0 Å². The molecule has 23 heavy (non-hydrogen) atoms. The predicted molar refractivity (Wildman–Crippen MR) is 98.4 cm³/mol. The third-order valence-electron chi connectivity index (χ3n) is 3.46. The van der Waals surface area contributed by atoms with E-state index in [0.717, 1.165) is 18.3 Å². The van der Waals surface area contributed by atoms with E-state index in [9.17, 15) is 10.2 Å². The van der Waals surface area contributed by atoms with Crippen LogP contribution >= 0.6 is 17.9 Å². The minimum atomic E-state index is -3.63. The van der Waals surface area contributed by atoms with E-state index in [1.165, 1.54) is 0 Å². The van der Waals surface area contributed by atoms with Crippen LogP contribution in [0, 0.1) is 0 Å². The quantitative estimate of drug-likeness (QED) is 0.584. The van der Waals surface area contributed by atoms with Crippen LogP contribution in [0.5, 0.6) is 11.5 Å². The molecule has 0 heterocycles. The van der Waals surface area contributed by atoms with Crippen LogP contribution in [0.1, 0.15) is 0 Å². The van der Waals surface area contributed by atoms with Crippen molar-refractivity contribution in [2.24, 2.45) is 0 Å². The molecule has 0 saturated heterocycles. The average molecular weight is 461 g/mol. The van der Waals surface area contributed by atoms with Crippen LogP contribution in [0.15, 0.2) is 72.8 Å². The van der Waals surface area contributed by atoms with Crippen LogP contribution in [0.3, 0.4) is 0 Å². The van der Waals surface area contributed by atoms with Crippen molar-refractivity contribution in [3.05, 3.63) is 72.8 Å². The number of hydrogen-bond acceptors (Lipinski definition) is 2. The Morgan fingerprint density at radius 3 is 1.96 bits per heavy atom. The number of aromatic hydroxyl groups is 2. The number of hydrogen-bond donors (Lipinski definition) is 2. The van der Waals surface area contributed by atoms with E-state index in [1.54, 1.807) is 42.5 Å². The fourth-order valence-corrected chi connectivity index (χ4v) is 9.58. The molecule has 0 bridgehead atoms. The van der Waals surface area contributed by atoms with E-state index < -0.39 is 15.9 Å². The van der Waals surface area contributed by atoms with Crippen LogP contribution in [-0.2, 0) is 0 Å². The van der Waals surface area contributed by atoms with Crippen molar-refractivity contribution in [3.8, 4) is 22.6 Å². The van der Waals surface area contributed by atoms with E-state index in [-0.39, 0.29) is 11.5 Å². The second-order valence-corrected chi connectivity index (χ2v) is 17.6. The minimum absolute atomic E-state index is 0.172. The molecule has 0 aromatic heterocycles. The van der Waals surface area contributed by atoms with Crippen molar-refractivity contribution >= 4 is 41.1 Å². The van der Waals surface area contributed by atoms with Gasteiger partial charge in [-0.1, -0.05) is 0 Å². The standard InChI is InChI=1S/C18H14Cl2O2Te/c19-23(20,16-9-6-14(21)7-10-16)18-11-8-15(22)12-17(18)13-4-2-1-3-5-13/h1-12,21-22H. The average Bonchev–Trinajstić information content (AvgIpc) is 2.56. The molecule has 3 aromatic carbocycles. The molecule has 5 heteroatoms. The Bertz CT molecular complexity index is 818. The number of benzene rings is 3. The molecule has 0 amide bonds. The van der Waals surface area contributed by atoms with Gasteiger partial charge in [0, 0.05) is 0 Å². The van der Waals surface area contributed by atoms with E-state index in [2.05, 4.69) is 0 Å². The molecule has 0 aliphatic carbocycles. The van der Waals surface area contributed by atoms with Crippen LogP contribution in [0.2, 0.25) is 0 Å².